The van der Waals surface area contributed by atoms with E-state index in [1.165, 1.54) is 12.1 Å². The van der Waals surface area contributed by atoms with Crippen LogP contribution in [0.25, 0.3) is 0 Å². The number of hydrogen-bond acceptors (Lipinski definition) is 2. The maximum atomic E-state index is 13.5. The van der Waals surface area contributed by atoms with Gasteiger partial charge in [0.1, 0.15) is 5.82 Å². The van der Waals surface area contributed by atoms with Gasteiger partial charge >= 0.3 is 0 Å². The quantitative estimate of drug-likeness (QED) is 0.855. The van der Waals surface area contributed by atoms with Gasteiger partial charge in [-0.25, -0.2) is 4.39 Å². The van der Waals surface area contributed by atoms with E-state index in [1.54, 1.807) is 6.07 Å². The molecule has 24 heavy (non-hydrogen) atoms. The number of halogens is 1. The third-order valence-corrected chi connectivity index (χ3v) is 5.57. The van der Waals surface area contributed by atoms with Crippen LogP contribution < -0.4 is 0 Å². The summed E-state index contributed by atoms with van der Waals surface area (Å²) in [5, 5.41) is 0. The number of carbonyl (C=O) groups excluding carboxylic acids is 2. The van der Waals surface area contributed by atoms with Gasteiger partial charge in [-0.15, -0.1) is 0 Å². The van der Waals surface area contributed by atoms with E-state index in [0.29, 0.717) is 25.4 Å². The molecule has 0 aromatic heterocycles. The van der Waals surface area contributed by atoms with Crippen LogP contribution in [0.5, 0.6) is 0 Å². The molecule has 5 heteroatoms. The summed E-state index contributed by atoms with van der Waals surface area (Å²) in [5.74, 6) is 0.699. The second kappa shape index (κ2) is 6.19. The zero-order valence-corrected chi connectivity index (χ0v) is 13.8. The molecule has 2 heterocycles. The van der Waals surface area contributed by atoms with Gasteiger partial charge in [-0.05, 0) is 49.3 Å². The molecule has 2 atom stereocenters. The SMILES string of the molecule is O=C(C1CC1)N1C[C@H]2CCCC(=O)N(Cc3cccc(F)c3)[C@H]2C1. The summed E-state index contributed by atoms with van der Waals surface area (Å²) in [6.45, 7) is 1.84. The van der Waals surface area contributed by atoms with Gasteiger partial charge < -0.3 is 9.80 Å². The number of fused-ring (bicyclic) bond motifs is 1. The minimum Gasteiger partial charge on any atom is -0.340 e. The maximum absolute atomic E-state index is 13.5. The summed E-state index contributed by atoms with van der Waals surface area (Å²) in [5.41, 5.74) is 0.816. The van der Waals surface area contributed by atoms with Gasteiger partial charge in [-0.1, -0.05) is 12.1 Å². The molecular weight excluding hydrogens is 307 g/mol. The van der Waals surface area contributed by atoms with Crippen LogP contribution in [-0.2, 0) is 16.1 Å². The molecule has 1 saturated carbocycles. The first-order valence-corrected chi connectivity index (χ1v) is 8.94. The van der Waals surface area contributed by atoms with E-state index in [9.17, 15) is 14.0 Å². The topological polar surface area (TPSA) is 40.6 Å². The maximum Gasteiger partial charge on any atom is 0.225 e. The molecule has 4 nitrogen and oxygen atoms in total. The first-order chi connectivity index (χ1) is 11.6. The molecule has 1 aromatic rings. The second-order valence-corrected chi connectivity index (χ2v) is 7.39. The molecule has 4 rings (SSSR count). The Morgan fingerprint density at radius 2 is 2.04 bits per heavy atom. The van der Waals surface area contributed by atoms with E-state index < -0.39 is 0 Å². The van der Waals surface area contributed by atoms with Crippen molar-refractivity contribution in [3.05, 3.63) is 35.6 Å². The minimum atomic E-state index is -0.275. The number of carbonyl (C=O) groups is 2. The lowest BCUT2D eigenvalue weighted by Gasteiger charge is -2.30. The lowest BCUT2D eigenvalue weighted by Crippen LogP contribution is -2.43. The van der Waals surface area contributed by atoms with Crippen molar-refractivity contribution in [3.63, 3.8) is 0 Å². The van der Waals surface area contributed by atoms with Crippen LogP contribution in [0.3, 0.4) is 0 Å². The third-order valence-electron chi connectivity index (χ3n) is 5.57. The van der Waals surface area contributed by atoms with Crippen molar-refractivity contribution in [1.82, 2.24) is 9.80 Å². The predicted molar refractivity (Wildman–Crippen MR) is 87.4 cm³/mol. The summed E-state index contributed by atoms with van der Waals surface area (Å²) in [7, 11) is 0. The number of likely N-dealkylation sites (tertiary alicyclic amines) is 2. The highest BCUT2D eigenvalue weighted by molar-refractivity contribution is 5.82. The van der Waals surface area contributed by atoms with E-state index >= 15 is 0 Å². The number of hydrogen-bond donors (Lipinski definition) is 0. The predicted octanol–water partition coefficient (Wildman–Crippen LogP) is 2.58. The average Bonchev–Trinajstić information content (AvgIpc) is 3.34. The Bertz CT molecular complexity index is 659. The van der Waals surface area contributed by atoms with Gasteiger partial charge in [-0.2, -0.15) is 0 Å². The van der Waals surface area contributed by atoms with E-state index in [1.807, 2.05) is 15.9 Å². The molecule has 2 saturated heterocycles. The highest BCUT2D eigenvalue weighted by Gasteiger charge is 2.44. The zero-order chi connectivity index (χ0) is 16.7. The monoisotopic (exact) mass is 330 g/mol. The molecule has 3 fully saturated rings. The molecule has 0 N–H and O–H groups in total. The van der Waals surface area contributed by atoms with Crippen molar-refractivity contribution in [2.24, 2.45) is 11.8 Å². The Hall–Kier alpha value is -1.91. The van der Waals surface area contributed by atoms with Crippen LogP contribution in [0, 0.1) is 17.7 Å². The van der Waals surface area contributed by atoms with E-state index in [2.05, 4.69) is 0 Å². The fraction of sp³-hybridized carbons (Fsp3) is 0.579. The molecule has 0 spiro atoms. The van der Waals surface area contributed by atoms with E-state index in [0.717, 1.165) is 37.8 Å². The van der Waals surface area contributed by atoms with Crippen LogP contribution in [0.15, 0.2) is 24.3 Å². The standard InChI is InChI=1S/C19H23FN2O2/c20-16-5-1-3-13(9-16)10-22-17-12-21(19(24)14-7-8-14)11-15(17)4-2-6-18(22)23/h1,3,5,9,14-15,17H,2,4,6-8,10-12H2/t15-,17+/m1/s1. The Labute approximate surface area is 141 Å². The van der Waals surface area contributed by atoms with Crippen LogP contribution in [-0.4, -0.2) is 40.7 Å². The molecule has 128 valence electrons. The molecule has 1 aromatic carbocycles. The van der Waals surface area contributed by atoms with Crippen LogP contribution in [0.2, 0.25) is 0 Å². The Balaban J connectivity index is 1.54. The van der Waals surface area contributed by atoms with Gasteiger partial charge in [-0.3, -0.25) is 9.59 Å². The molecule has 1 aliphatic carbocycles. The van der Waals surface area contributed by atoms with Gasteiger partial charge in [0.05, 0.1) is 6.04 Å². The molecular formula is C19H23FN2O2. The summed E-state index contributed by atoms with van der Waals surface area (Å²) >= 11 is 0. The number of amides is 2. The lowest BCUT2D eigenvalue weighted by molar-refractivity contribution is -0.135. The molecule has 0 radical (unpaired) electrons. The fourth-order valence-electron chi connectivity index (χ4n) is 4.14. The van der Waals surface area contributed by atoms with Gasteiger partial charge in [0, 0.05) is 32.0 Å². The highest BCUT2D eigenvalue weighted by Crippen LogP contribution is 2.36. The second-order valence-electron chi connectivity index (χ2n) is 7.39. The first-order valence-electron chi connectivity index (χ1n) is 8.94. The minimum absolute atomic E-state index is 0.0750. The smallest absolute Gasteiger partial charge is 0.225 e. The fourth-order valence-corrected chi connectivity index (χ4v) is 4.14. The largest absolute Gasteiger partial charge is 0.340 e. The molecule has 0 unspecified atom stereocenters. The lowest BCUT2D eigenvalue weighted by atomic mass is 9.98. The van der Waals surface area contributed by atoms with Crippen molar-refractivity contribution in [3.8, 4) is 0 Å². The van der Waals surface area contributed by atoms with Crippen molar-refractivity contribution in [2.75, 3.05) is 13.1 Å². The third kappa shape index (κ3) is 3.04. The molecule has 3 aliphatic rings. The normalized spacial score (nSPS) is 27.1. The van der Waals surface area contributed by atoms with Gasteiger partial charge in [0.15, 0.2) is 0 Å². The Morgan fingerprint density at radius 1 is 1.21 bits per heavy atom. The van der Waals surface area contributed by atoms with E-state index in [-0.39, 0.29) is 29.6 Å². The van der Waals surface area contributed by atoms with E-state index in [4.69, 9.17) is 0 Å². The summed E-state index contributed by atoms with van der Waals surface area (Å²) in [4.78, 5) is 28.9. The summed E-state index contributed by atoms with van der Waals surface area (Å²) in [6.07, 6.45) is 4.45. The highest BCUT2D eigenvalue weighted by atomic mass is 19.1. The first kappa shape index (κ1) is 15.6. The van der Waals surface area contributed by atoms with Crippen LogP contribution >= 0.6 is 0 Å². The molecule has 2 aliphatic heterocycles. The Kier molecular flexibility index (Phi) is 4.02. The number of benzene rings is 1. The van der Waals surface area contributed by atoms with Crippen molar-refractivity contribution in [1.29, 1.82) is 0 Å². The van der Waals surface area contributed by atoms with Crippen molar-refractivity contribution >= 4 is 11.8 Å². The van der Waals surface area contributed by atoms with Gasteiger partial charge in [0.2, 0.25) is 11.8 Å². The molecule has 2 amide bonds. The molecule has 0 bridgehead atoms. The van der Waals surface area contributed by atoms with Gasteiger partial charge in [0.25, 0.3) is 0 Å². The van der Waals surface area contributed by atoms with Crippen LogP contribution in [0.1, 0.15) is 37.7 Å². The van der Waals surface area contributed by atoms with Crippen molar-refractivity contribution in [2.45, 2.75) is 44.7 Å². The summed E-state index contributed by atoms with van der Waals surface area (Å²) in [6, 6.07) is 6.53. The Morgan fingerprint density at radius 3 is 2.79 bits per heavy atom. The average molecular weight is 330 g/mol. The zero-order valence-electron chi connectivity index (χ0n) is 13.8. The van der Waals surface area contributed by atoms with Crippen LogP contribution in [0.4, 0.5) is 4.39 Å². The number of nitrogens with zero attached hydrogens (tertiary/aromatic N) is 2. The number of rotatable bonds is 3. The van der Waals surface area contributed by atoms with Crippen molar-refractivity contribution < 1.29 is 14.0 Å². The summed E-state index contributed by atoms with van der Waals surface area (Å²) < 4.78 is 13.5.